The Hall–Kier alpha value is -4.75. The summed E-state index contributed by atoms with van der Waals surface area (Å²) in [6, 6.07) is 25.5. The zero-order valence-electron chi connectivity index (χ0n) is 24.4. The molecule has 0 saturated heterocycles. The van der Waals surface area contributed by atoms with Gasteiger partial charge in [0.25, 0.3) is 5.91 Å². The molecule has 1 aromatic heterocycles. The predicted molar refractivity (Wildman–Crippen MR) is 185 cm³/mol. The molecule has 0 aliphatic heterocycles. The number of aryl methyl sites for hydroxylation is 1. The van der Waals surface area contributed by atoms with Gasteiger partial charge in [-0.25, -0.2) is 15.2 Å². The molecule has 0 radical (unpaired) electrons. The van der Waals surface area contributed by atoms with Gasteiger partial charge in [0.15, 0.2) is 16.6 Å². The van der Waals surface area contributed by atoms with Crippen molar-refractivity contribution in [1.29, 1.82) is 0 Å². The number of hydrogen-bond donors (Lipinski definition) is 3. The van der Waals surface area contributed by atoms with Crippen LogP contribution in [0.4, 0.5) is 10.8 Å². The lowest BCUT2D eigenvalue weighted by atomic mass is 10.1. The topological polar surface area (TPSA) is 122 Å². The Bertz CT molecular complexity index is 1820. The van der Waals surface area contributed by atoms with Crippen molar-refractivity contribution >= 4 is 62.8 Å². The second kappa shape index (κ2) is 14.8. The molecule has 9 nitrogen and oxygen atoms in total. The highest BCUT2D eigenvalue weighted by atomic mass is 127. The summed E-state index contributed by atoms with van der Waals surface area (Å²) < 4.78 is 12.6. The van der Waals surface area contributed by atoms with Crippen LogP contribution in [-0.2, 0) is 6.61 Å². The molecule has 5 aromatic rings. The number of hydrazone groups is 1. The number of ether oxygens (including phenoxy) is 2. The largest absolute Gasteiger partial charge is 0.490 e. The summed E-state index contributed by atoms with van der Waals surface area (Å²) in [6.07, 6.45) is 1.54. The van der Waals surface area contributed by atoms with E-state index >= 15 is 0 Å². The van der Waals surface area contributed by atoms with Crippen molar-refractivity contribution in [1.82, 2.24) is 10.4 Å². The van der Waals surface area contributed by atoms with Crippen molar-refractivity contribution in [2.45, 2.75) is 20.5 Å². The Kier molecular flexibility index (Phi) is 10.4. The summed E-state index contributed by atoms with van der Waals surface area (Å²) in [4.78, 5) is 28.5. The number of halogens is 1. The van der Waals surface area contributed by atoms with Gasteiger partial charge < -0.3 is 19.9 Å². The van der Waals surface area contributed by atoms with Crippen LogP contribution < -0.4 is 20.2 Å². The fourth-order valence-corrected chi connectivity index (χ4v) is 5.73. The minimum absolute atomic E-state index is 0.216. The number of carbonyl (C=O) groups is 2. The summed E-state index contributed by atoms with van der Waals surface area (Å²) in [5.41, 5.74) is 8.70. The third kappa shape index (κ3) is 8.46. The lowest BCUT2D eigenvalue weighted by Crippen LogP contribution is -2.17. The molecule has 1 heterocycles. The van der Waals surface area contributed by atoms with Crippen LogP contribution in [0.25, 0.3) is 11.3 Å². The van der Waals surface area contributed by atoms with E-state index in [0.29, 0.717) is 23.7 Å². The van der Waals surface area contributed by atoms with Crippen LogP contribution in [0.2, 0.25) is 0 Å². The maximum Gasteiger partial charge on any atom is 0.335 e. The number of carboxylic acid groups (broad SMARTS) is 1. The van der Waals surface area contributed by atoms with Gasteiger partial charge in [0, 0.05) is 22.2 Å². The van der Waals surface area contributed by atoms with E-state index in [-0.39, 0.29) is 18.1 Å². The number of aromatic carboxylic acids is 1. The zero-order chi connectivity index (χ0) is 31.8. The molecule has 0 bridgehead atoms. The van der Waals surface area contributed by atoms with E-state index in [0.717, 1.165) is 36.8 Å². The minimum atomic E-state index is -0.977. The van der Waals surface area contributed by atoms with Crippen molar-refractivity contribution < 1.29 is 24.2 Å². The monoisotopic (exact) mass is 732 g/mol. The maximum atomic E-state index is 12.8. The van der Waals surface area contributed by atoms with Crippen LogP contribution in [0.3, 0.4) is 0 Å². The van der Waals surface area contributed by atoms with Crippen molar-refractivity contribution in [3.8, 4) is 22.8 Å². The molecule has 228 valence electrons. The minimum Gasteiger partial charge on any atom is -0.490 e. The summed E-state index contributed by atoms with van der Waals surface area (Å²) in [6.45, 7) is 4.60. The van der Waals surface area contributed by atoms with Crippen LogP contribution >= 0.6 is 33.9 Å². The standard InChI is InChI=1S/C34H29IN4O5S/c1-3-43-30-17-23(16-28(35)31(30)44-19-22-6-8-26(9-7-22)33(41)42)18-36-39-32(40)25-12-10-24(11-13-25)29-20-45-34(38-29)37-27-14-4-21(2)5-15-27/h4-18,20H,3,19H2,1-2H3,(H,37,38)(H,39,40)(H,41,42)/b36-18-. The molecular formula is C34H29IN4O5S. The van der Waals surface area contributed by atoms with Gasteiger partial charge in [0.2, 0.25) is 0 Å². The molecule has 3 N–H and O–H groups in total. The first-order chi connectivity index (χ1) is 21.8. The Labute approximate surface area is 278 Å². The number of thiazole rings is 1. The number of amides is 1. The van der Waals surface area contributed by atoms with Crippen LogP contribution in [-0.4, -0.2) is 34.8 Å². The smallest absolute Gasteiger partial charge is 0.335 e. The van der Waals surface area contributed by atoms with Gasteiger partial charge in [-0.05, 0) is 96.1 Å². The average molecular weight is 733 g/mol. The average Bonchev–Trinajstić information content (AvgIpc) is 3.50. The second-order valence-electron chi connectivity index (χ2n) is 9.86. The van der Waals surface area contributed by atoms with Crippen molar-refractivity contribution in [2.75, 3.05) is 11.9 Å². The lowest BCUT2D eigenvalue weighted by Gasteiger charge is -2.15. The number of nitrogens with zero attached hydrogens (tertiary/aromatic N) is 2. The first kappa shape index (κ1) is 31.7. The Morgan fingerprint density at radius 3 is 2.38 bits per heavy atom. The van der Waals surface area contributed by atoms with Gasteiger partial charge in [-0.3, -0.25) is 4.79 Å². The highest BCUT2D eigenvalue weighted by molar-refractivity contribution is 14.1. The number of carboxylic acids is 1. The number of anilines is 2. The highest BCUT2D eigenvalue weighted by Crippen LogP contribution is 2.34. The van der Waals surface area contributed by atoms with Gasteiger partial charge in [-0.2, -0.15) is 5.10 Å². The van der Waals surface area contributed by atoms with Gasteiger partial charge in [-0.15, -0.1) is 11.3 Å². The molecule has 1 amide bonds. The van der Waals surface area contributed by atoms with Gasteiger partial charge in [0.1, 0.15) is 6.61 Å². The first-order valence-corrected chi connectivity index (χ1v) is 15.9. The molecule has 0 fully saturated rings. The summed E-state index contributed by atoms with van der Waals surface area (Å²) in [7, 11) is 0. The molecule has 0 spiro atoms. The van der Waals surface area contributed by atoms with E-state index in [9.17, 15) is 9.59 Å². The number of carbonyl (C=O) groups excluding carboxylic acids is 1. The van der Waals surface area contributed by atoms with E-state index in [4.69, 9.17) is 14.6 Å². The number of aromatic nitrogens is 1. The molecule has 0 saturated carbocycles. The normalized spacial score (nSPS) is 10.9. The van der Waals surface area contributed by atoms with E-state index in [1.807, 2.05) is 61.7 Å². The Morgan fingerprint density at radius 1 is 0.978 bits per heavy atom. The Balaban J connectivity index is 1.19. The molecular weight excluding hydrogens is 703 g/mol. The van der Waals surface area contributed by atoms with E-state index < -0.39 is 5.97 Å². The lowest BCUT2D eigenvalue weighted by molar-refractivity contribution is 0.0696. The zero-order valence-corrected chi connectivity index (χ0v) is 27.4. The third-order valence-electron chi connectivity index (χ3n) is 6.55. The highest BCUT2D eigenvalue weighted by Gasteiger charge is 2.13. The first-order valence-electron chi connectivity index (χ1n) is 13.9. The molecule has 5 rings (SSSR count). The fourth-order valence-electron chi connectivity index (χ4n) is 4.21. The quantitative estimate of drug-likeness (QED) is 0.0678. The second-order valence-corrected chi connectivity index (χ2v) is 11.9. The van der Waals surface area contributed by atoms with Crippen LogP contribution in [0.1, 0.15) is 44.3 Å². The maximum absolute atomic E-state index is 12.8. The third-order valence-corrected chi connectivity index (χ3v) is 8.10. The van der Waals surface area contributed by atoms with Crippen molar-refractivity contribution in [2.24, 2.45) is 5.10 Å². The molecule has 0 unspecified atom stereocenters. The number of rotatable bonds is 12. The Morgan fingerprint density at radius 2 is 1.69 bits per heavy atom. The van der Waals surface area contributed by atoms with Gasteiger partial charge in [0.05, 0.1) is 27.6 Å². The van der Waals surface area contributed by atoms with E-state index in [2.05, 4.69) is 43.4 Å². The molecule has 0 aliphatic rings. The molecule has 0 aliphatic carbocycles. The number of benzene rings is 4. The summed E-state index contributed by atoms with van der Waals surface area (Å²) in [5, 5.41) is 19.3. The van der Waals surface area contributed by atoms with Crippen LogP contribution in [0, 0.1) is 10.5 Å². The van der Waals surface area contributed by atoms with Crippen molar-refractivity contribution in [3.05, 3.63) is 122 Å². The summed E-state index contributed by atoms with van der Waals surface area (Å²) >= 11 is 3.67. The summed E-state index contributed by atoms with van der Waals surface area (Å²) in [5.74, 6) is -0.213. The predicted octanol–water partition coefficient (Wildman–Crippen LogP) is 7.91. The van der Waals surface area contributed by atoms with Crippen molar-refractivity contribution in [3.63, 3.8) is 0 Å². The molecule has 45 heavy (non-hydrogen) atoms. The van der Waals surface area contributed by atoms with E-state index in [1.165, 1.54) is 16.9 Å². The van der Waals surface area contributed by atoms with Crippen LogP contribution in [0.15, 0.2) is 95.4 Å². The molecule has 0 atom stereocenters. The van der Waals surface area contributed by atoms with Gasteiger partial charge in [-0.1, -0.05) is 42.0 Å². The number of hydrogen-bond acceptors (Lipinski definition) is 8. The van der Waals surface area contributed by atoms with Crippen LogP contribution in [0.5, 0.6) is 11.5 Å². The fraction of sp³-hybridized carbons (Fsp3) is 0.118. The number of nitrogens with one attached hydrogen (secondary N) is 2. The van der Waals surface area contributed by atoms with E-state index in [1.54, 1.807) is 48.7 Å². The molecule has 4 aromatic carbocycles. The molecule has 11 heteroatoms. The van der Waals surface area contributed by atoms with Gasteiger partial charge >= 0.3 is 5.97 Å². The SMILES string of the molecule is CCOc1cc(/C=N\NC(=O)c2ccc(-c3csc(Nc4ccc(C)cc4)n3)cc2)cc(I)c1OCc1ccc(C(=O)O)cc1.